The number of nitrogens with one attached hydrogen (secondary N) is 1. The highest BCUT2D eigenvalue weighted by Gasteiger charge is 2.42. The van der Waals surface area contributed by atoms with Crippen LogP contribution in [-0.4, -0.2) is 28.4 Å². The normalized spacial score (nSPS) is 31.9. The Kier molecular flexibility index (Phi) is 2.76. The van der Waals surface area contributed by atoms with Crippen LogP contribution in [0.25, 0.3) is 0 Å². The molecule has 0 aromatic heterocycles. The van der Waals surface area contributed by atoms with E-state index < -0.39 is 17.3 Å². The first-order valence-corrected chi connectivity index (χ1v) is 4.93. The van der Waals surface area contributed by atoms with E-state index >= 15 is 0 Å². The Bertz CT molecular complexity index is 230. The molecule has 2 atom stereocenters. The molecule has 0 heterocycles. The molecule has 4 nitrogen and oxygen atoms in total. The number of carbonyl (C=O) groups is 1. The molecule has 0 aliphatic heterocycles. The summed E-state index contributed by atoms with van der Waals surface area (Å²) in [5, 5.41) is 12.3. The van der Waals surface area contributed by atoms with Crippen molar-refractivity contribution in [1.82, 2.24) is 5.32 Å². The van der Waals surface area contributed by atoms with E-state index in [1.807, 2.05) is 20.8 Å². The van der Waals surface area contributed by atoms with Crippen LogP contribution in [0.1, 0.15) is 40.5 Å². The molecule has 1 saturated carbocycles. The number of hydrogen-bond acceptors (Lipinski definition) is 3. The first-order chi connectivity index (χ1) is 6.21. The smallest absolute Gasteiger partial charge is 0.407 e. The molecule has 1 fully saturated rings. The number of hydrogen-bond donors (Lipinski definition) is 2. The molecule has 0 bridgehead atoms. The highest BCUT2D eigenvalue weighted by molar-refractivity contribution is 5.68. The van der Waals surface area contributed by atoms with Crippen molar-refractivity contribution in [2.24, 2.45) is 0 Å². The van der Waals surface area contributed by atoms with Crippen molar-refractivity contribution >= 4 is 6.09 Å². The van der Waals surface area contributed by atoms with Crippen molar-refractivity contribution in [3.05, 3.63) is 0 Å². The summed E-state index contributed by atoms with van der Waals surface area (Å²) in [5.74, 6) is 0. The van der Waals surface area contributed by atoms with Gasteiger partial charge in [-0.3, -0.25) is 0 Å². The van der Waals surface area contributed by atoms with E-state index in [-0.39, 0.29) is 6.04 Å². The monoisotopic (exact) mass is 201 g/mol. The maximum absolute atomic E-state index is 11.3. The number of carbonyl (C=O) groups excluding carboxylic acids is 1. The summed E-state index contributed by atoms with van der Waals surface area (Å²) in [6.07, 6.45) is 1.09. The van der Waals surface area contributed by atoms with Crippen molar-refractivity contribution in [3.8, 4) is 0 Å². The second kappa shape index (κ2) is 3.42. The van der Waals surface area contributed by atoms with Crippen LogP contribution in [0.15, 0.2) is 0 Å². The number of alkyl carbamates (subject to hydrolysis) is 1. The lowest BCUT2D eigenvalue weighted by molar-refractivity contribution is -0.0544. The van der Waals surface area contributed by atoms with Gasteiger partial charge in [-0.2, -0.15) is 0 Å². The molecule has 2 unspecified atom stereocenters. The zero-order valence-electron chi connectivity index (χ0n) is 9.26. The van der Waals surface area contributed by atoms with Gasteiger partial charge in [0.1, 0.15) is 5.60 Å². The van der Waals surface area contributed by atoms with E-state index in [9.17, 15) is 9.90 Å². The van der Waals surface area contributed by atoms with Gasteiger partial charge in [0.25, 0.3) is 0 Å². The lowest BCUT2D eigenvalue weighted by Crippen LogP contribution is -2.59. The van der Waals surface area contributed by atoms with Gasteiger partial charge in [0.05, 0.1) is 11.6 Å². The second-order valence-electron chi connectivity index (χ2n) is 5.09. The molecule has 0 aromatic rings. The third kappa shape index (κ3) is 2.87. The molecule has 0 saturated heterocycles. The van der Waals surface area contributed by atoms with Gasteiger partial charge in [-0.15, -0.1) is 0 Å². The minimum absolute atomic E-state index is 0.169. The first kappa shape index (κ1) is 11.3. The largest absolute Gasteiger partial charge is 0.444 e. The Hall–Kier alpha value is -0.770. The lowest BCUT2D eigenvalue weighted by Gasteiger charge is -2.42. The Balaban J connectivity index is 2.35. The lowest BCUT2D eigenvalue weighted by atomic mass is 9.76. The van der Waals surface area contributed by atoms with Crippen molar-refractivity contribution in [3.63, 3.8) is 0 Å². The van der Waals surface area contributed by atoms with Gasteiger partial charge in [-0.1, -0.05) is 0 Å². The number of amides is 1. The van der Waals surface area contributed by atoms with Crippen LogP contribution in [0, 0.1) is 0 Å². The van der Waals surface area contributed by atoms with Crippen LogP contribution >= 0.6 is 0 Å². The quantitative estimate of drug-likeness (QED) is 0.674. The maximum atomic E-state index is 11.3. The van der Waals surface area contributed by atoms with Gasteiger partial charge in [-0.25, -0.2) is 4.79 Å². The van der Waals surface area contributed by atoms with E-state index in [1.54, 1.807) is 6.92 Å². The molecular formula is C10H19NO3. The third-order valence-corrected chi connectivity index (χ3v) is 2.38. The Labute approximate surface area is 84.6 Å². The van der Waals surface area contributed by atoms with Gasteiger partial charge >= 0.3 is 6.09 Å². The molecular weight excluding hydrogens is 182 g/mol. The molecule has 82 valence electrons. The molecule has 0 spiro atoms. The van der Waals surface area contributed by atoms with Gasteiger partial charge in [0.15, 0.2) is 0 Å². The van der Waals surface area contributed by atoms with Gasteiger partial charge < -0.3 is 15.2 Å². The molecule has 0 radical (unpaired) electrons. The highest BCUT2D eigenvalue weighted by atomic mass is 16.6. The predicted molar refractivity (Wildman–Crippen MR) is 53.0 cm³/mol. The molecule has 14 heavy (non-hydrogen) atoms. The van der Waals surface area contributed by atoms with Crippen LogP contribution in [0.3, 0.4) is 0 Å². The fourth-order valence-electron chi connectivity index (χ4n) is 1.38. The molecule has 4 heteroatoms. The number of ether oxygens (including phenoxy) is 1. The predicted octanol–water partition coefficient (Wildman–Crippen LogP) is 1.42. The van der Waals surface area contributed by atoms with Crippen LogP contribution in [0.5, 0.6) is 0 Å². The van der Waals surface area contributed by atoms with E-state index in [2.05, 4.69) is 5.32 Å². The van der Waals surface area contributed by atoms with Crippen molar-refractivity contribution in [2.75, 3.05) is 0 Å². The summed E-state index contributed by atoms with van der Waals surface area (Å²) in [5.41, 5.74) is -1.25. The van der Waals surface area contributed by atoms with Crippen molar-refractivity contribution in [1.29, 1.82) is 0 Å². The molecule has 1 rings (SSSR count). The van der Waals surface area contributed by atoms with Gasteiger partial charge in [0, 0.05) is 0 Å². The average Bonchev–Trinajstić information content (AvgIpc) is 1.95. The highest BCUT2D eigenvalue weighted by Crippen LogP contribution is 2.31. The zero-order valence-corrected chi connectivity index (χ0v) is 9.26. The molecule has 1 aliphatic rings. The van der Waals surface area contributed by atoms with Gasteiger partial charge in [0.2, 0.25) is 0 Å². The summed E-state index contributed by atoms with van der Waals surface area (Å²) in [7, 11) is 0. The van der Waals surface area contributed by atoms with E-state index in [1.165, 1.54) is 0 Å². The van der Waals surface area contributed by atoms with Crippen LogP contribution in [0.2, 0.25) is 0 Å². The fraction of sp³-hybridized carbons (Fsp3) is 0.900. The van der Waals surface area contributed by atoms with Crippen LogP contribution < -0.4 is 5.32 Å². The SMILES string of the molecule is CC(C)(C)OC(=O)NC1CCC1(C)O. The van der Waals surface area contributed by atoms with E-state index in [4.69, 9.17) is 4.74 Å². The first-order valence-electron chi connectivity index (χ1n) is 4.93. The Morgan fingerprint density at radius 2 is 2.14 bits per heavy atom. The van der Waals surface area contributed by atoms with Crippen LogP contribution in [0.4, 0.5) is 4.79 Å². The second-order valence-corrected chi connectivity index (χ2v) is 5.09. The number of aliphatic hydroxyl groups is 1. The maximum Gasteiger partial charge on any atom is 0.407 e. The summed E-state index contributed by atoms with van der Waals surface area (Å²) < 4.78 is 5.08. The molecule has 1 aliphatic carbocycles. The molecule has 1 amide bonds. The Morgan fingerprint density at radius 1 is 1.57 bits per heavy atom. The van der Waals surface area contributed by atoms with Crippen molar-refractivity contribution < 1.29 is 14.6 Å². The minimum Gasteiger partial charge on any atom is -0.444 e. The van der Waals surface area contributed by atoms with Crippen molar-refractivity contribution in [2.45, 2.75) is 57.8 Å². The molecule has 2 N–H and O–H groups in total. The summed E-state index contributed by atoms with van der Waals surface area (Å²) >= 11 is 0. The van der Waals surface area contributed by atoms with E-state index in [0.717, 1.165) is 12.8 Å². The standard InChI is InChI=1S/C10H19NO3/c1-9(2,3)14-8(12)11-7-5-6-10(7,4)13/h7,13H,5-6H2,1-4H3,(H,11,12). The fourth-order valence-corrected chi connectivity index (χ4v) is 1.38. The molecule has 0 aromatic carbocycles. The van der Waals surface area contributed by atoms with Gasteiger partial charge in [-0.05, 0) is 40.5 Å². The topological polar surface area (TPSA) is 58.6 Å². The third-order valence-electron chi connectivity index (χ3n) is 2.38. The minimum atomic E-state index is -0.767. The van der Waals surface area contributed by atoms with Crippen LogP contribution in [-0.2, 0) is 4.74 Å². The van der Waals surface area contributed by atoms with E-state index in [0.29, 0.717) is 0 Å². The Morgan fingerprint density at radius 3 is 2.43 bits per heavy atom. The average molecular weight is 201 g/mol. The number of rotatable bonds is 1. The summed E-state index contributed by atoms with van der Waals surface area (Å²) in [6.45, 7) is 7.15. The summed E-state index contributed by atoms with van der Waals surface area (Å²) in [4.78, 5) is 11.3. The zero-order chi connectivity index (χ0) is 11.0. The summed E-state index contributed by atoms with van der Waals surface area (Å²) in [6, 6.07) is -0.169.